The maximum Gasteiger partial charge on any atom is 0.420 e. The molecule has 2 N–H and O–H groups in total. The Morgan fingerprint density at radius 2 is 2.12 bits per heavy atom. The first kappa shape index (κ1) is 18.0. The van der Waals surface area contributed by atoms with Gasteiger partial charge in [-0.2, -0.15) is 13.2 Å². The van der Waals surface area contributed by atoms with E-state index in [4.69, 9.17) is 0 Å². The van der Waals surface area contributed by atoms with Gasteiger partial charge in [-0.05, 0) is 69.1 Å². The number of aliphatic hydroxyl groups is 1. The van der Waals surface area contributed by atoms with Gasteiger partial charge in [0.1, 0.15) is 0 Å². The predicted octanol–water partition coefficient (Wildman–Crippen LogP) is 4.13. The Hall–Kier alpha value is -1.79. The number of aromatic amines is 1. The number of fused-ring (bicyclic) bond motifs is 1. The summed E-state index contributed by atoms with van der Waals surface area (Å²) >= 11 is 0. The summed E-state index contributed by atoms with van der Waals surface area (Å²) in [6, 6.07) is 5.98. The maximum absolute atomic E-state index is 12.8. The minimum atomic E-state index is -4.69. The number of H-pyrrole nitrogens is 1. The number of benzene rings is 1. The molecule has 1 aliphatic heterocycles. The molecule has 136 valence electrons. The number of halogens is 3. The zero-order valence-electron chi connectivity index (χ0n) is 14.4. The Morgan fingerprint density at radius 1 is 1.36 bits per heavy atom. The second-order valence-corrected chi connectivity index (χ2v) is 7.08. The summed E-state index contributed by atoms with van der Waals surface area (Å²) in [5, 5.41) is 10.6. The SMILES string of the molecule is CN1CCC[C@@H]1Cc1c[nH]c2ccc(C=CC(C)(O)C(F)(F)F)cc12. The third-order valence-corrected chi connectivity index (χ3v) is 5.09. The van der Waals surface area contributed by atoms with Crippen molar-refractivity contribution in [2.24, 2.45) is 0 Å². The van der Waals surface area contributed by atoms with Crippen LogP contribution in [0.1, 0.15) is 30.9 Å². The van der Waals surface area contributed by atoms with E-state index < -0.39 is 11.8 Å². The summed E-state index contributed by atoms with van der Waals surface area (Å²) in [6.45, 7) is 1.85. The number of alkyl halides is 3. The number of rotatable bonds is 4. The van der Waals surface area contributed by atoms with Gasteiger partial charge >= 0.3 is 6.18 Å². The lowest BCUT2D eigenvalue weighted by atomic mass is 10.0. The molecule has 1 aromatic heterocycles. The van der Waals surface area contributed by atoms with Crippen LogP contribution in [-0.4, -0.2) is 46.4 Å². The van der Waals surface area contributed by atoms with Gasteiger partial charge in [-0.3, -0.25) is 0 Å². The normalized spacial score (nSPS) is 22.1. The van der Waals surface area contributed by atoms with Crippen LogP contribution in [0.5, 0.6) is 0 Å². The molecule has 25 heavy (non-hydrogen) atoms. The number of hydrogen-bond acceptors (Lipinski definition) is 2. The van der Waals surface area contributed by atoms with Gasteiger partial charge in [0.2, 0.25) is 0 Å². The predicted molar refractivity (Wildman–Crippen MR) is 93.4 cm³/mol. The van der Waals surface area contributed by atoms with Crippen LogP contribution >= 0.6 is 0 Å². The topological polar surface area (TPSA) is 39.3 Å². The van der Waals surface area contributed by atoms with Crippen molar-refractivity contribution in [3.05, 3.63) is 41.6 Å². The average molecular weight is 352 g/mol. The van der Waals surface area contributed by atoms with Gasteiger partial charge in [0, 0.05) is 23.1 Å². The quantitative estimate of drug-likeness (QED) is 0.868. The Bertz CT molecular complexity index is 777. The van der Waals surface area contributed by atoms with Gasteiger partial charge in [0.05, 0.1) is 0 Å². The summed E-state index contributed by atoms with van der Waals surface area (Å²) < 4.78 is 38.3. The van der Waals surface area contributed by atoms with Crippen molar-refractivity contribution in [1.29, 1.82) is 0 Å². The van der Waals surface area contributed by atoms with Crippen LogP contribution < -0.4 is 0 Å². The number of nitrogens with zero attached hydrogens (tertiary/aromatic N) is 1. The Morgan fingerprint density at radius 3 is 2.76 bits per heavy atom. The molecule has 2 aromatic rings. The van der Waals surface area contributed by atoms with Gasteiger partial charge in [-0.1, -0.05) is 12.1 Å². The number of aromatic nitrogens is 1. The van der Waals surface area contributed by atoms with Gasteiger partial charge in [-0.15, -0.1) is 0 Å². The third-order valence-electron chi connectivity index (χ3n) is 5.09. The molecule has 0 radical (unpaired) electrons. The summed E-state index contributed by atoms with van der Waals surface area (Å²) in [6.07, 6.45) is 2.69. The van der Waals surface area contributed by atoms with Crippen molar-refractivity contribution in [1.82, 2.24) is 9.88 Å². The first-order valence-corrected chi connectivity index (χ1v) is 8.46. The molecule has 1 fully saturated rings. The second kappa shape index (κ2) is 6.50. The molecule has 3 rings (SSSR count). The van der Waals surface area contributed by atoms with Crippen molar-refractivity contribution >= 4 is 17.0 Å². The minimum Gasteiger partial charge on any atom is -0.377 e. The molecular formula is C19H23F3N2O. The van der Waals surface area contributed by atoms with Gasteiger partial charge in [0.25, 0.3) is 0 Å². The molecule has 1 saturated heterocycles. The lowest BCUT2D eigenvalue weighted by Gasteiger charge is -2.22. The average Bonchev–Trinajstić information content (AvgIpc) is 3.11. The van der Waals surface area contributed by atoms with Gasteiger partial charge in [-0.25, -0.2) is 0 Å². The van der Waals surface area contributed by atoms with E-state index in [0.29, 0.717) is 11.6 Å². The van der Waals surface area contributed by atoms with Crippen molar-refractivity contribution in [2.75, 3.05) is 13.6 Å². The number of hydrogen-bond donors (Lipinski definition) is 2. The Kier molecular flexibility index (Phi) is 4.68. The molecule has 1 aromatic carbocycles. The van der Waals surface area contributed by atoms with Crippen molar-refractivity contribution in [2.45, 2.75) is 44.0 Å². The molecule has 0 amide bonds. The molecule has 0 aliphatic carbocycles. The van der Waals surface area contributed by atoms with E-state index >= 15 is 0 Å². The standard InChI is InChI=1S/C19H23F3N2O/c1-18(25,19(20,21)22)8-7-13-5-6-17-16(10-13)14(12-23-17)11-15-4-3-9-24(15)2/h5-8,10,12,15,23,25H,3-4,9,11H2,1-2H3/t15-,18?/m1/s1. The van der Waals surface area contributed by atoms with E-state index in [2.05, 4.69) is 16.9 Å². The Balaban J connectivity index is 1.85. The Labute approximate surface area is 145 Å². The summed E-state index contributed by atoms with van der Waals surface area (Å²) in [5.74, 6) is 0. The molecule has 0 spiro atoms. The highest BCUT2D eigenvalue weighted by atomic mass is 19.4. The number of nitrogens with one attached hydrogen (secondary N) is 1. The van der Waals surface area contributed by atoms with E-state index in [0.717, 1.165) is 43.3 Å². The lowest BCUT2D eigenvalue weighted by molar-refractivity contribution is -0.232. The number of likely N-dealkylation sites (N-methyl/N-ethyl adjacent to an activating group) is 1. The molecule has 1 aliphatic rings. The minimum absolute atomic E-state index is 0.504. The molecule has 2 heterocycles. The zero-order valence-corrected chi connectivity index (χ0v) is 14.4. The highest BCUT2D eigenvalue weighted by Gasteiger charge is 2.47. The molecule has 6 heteroatoms. The largest absolute Gasteiger partial charge is 0.420 e. The van der Waals surface area contributed by atoms with Crippen molar-refractivity contribution in [3.8, 4) is 0 Å². The molecular weight excluding hydrogens is 329 g/mol. The molecule has 2 atom stereocenters. The summed E-state index contributed by atoms with van der Waals surface area (Å²) in [5.41, 5.74) is -0.0604. The lowest BCUT2D eigenvalue weighted by Crippen LogP contribution is -2.39. The van der Waals surface area contributed by atoms with Crippen LogP contribution in [0.3, 0.4) is 0 Å². The highest BCUT2D eigenvalue weighted by Crippen LogP contribution is 2.32. The van der Waals surface area contributed by atoms with E-state index in [1.165, 1.54) is 18.1 Å². The fourth-order valence-electron chi connectivity index (χ4n) is 3.31. The van der Waals surface area contributed by atoms with Gasteiger partial charge < -0.3 is 15.0 Å². The monoisotopic (exact) mass is 352 g/mol. The fourth-order valence-corrected chi connectivity index (χ4v) is 3.31. The summed E-state index contributed by atoms with van der Waals surface area (Å²) in [4.78, 5) is 5.58. The van der Waals surface area contributed by atoms with E-state index in [-0.39, 0.29) is 0 Å². The van der Waals surface area contributed by atoms with Crippen LogP contribution in [0.2, 0.25) is 0 Å². The molecule has 3 nitrogen and oxygen atoms in total. The summed E-state index contributed by atoms with van der Waals surface area (Å²) in [7, 11) is 2.12. The van der Waals surface area contributed by atoms with E-state index in [1.54, 1.807) is 6.07 Å². The number of likely N-dealkylation sites (tertiary alicyclic amines) is 1. The van der Waals surface area contributed by atoms with Crippen molar-refractivity contribution in [3.63, 3.8) is 0 Å². The fraction of sp³-hybridized carbons (Fsp3) is 0.474. The zero-order chi connectivity index (χ0) is 18.2. The maximum atomic E-state index is 12.8. The van der Waals surface area contributed by atoms with E-state index in [9.17, 15) is 18.3 Å². The van der Waals surface area contributed by atoms with E-state index in [1.807, 2.05) is 18.3 Å². The third kappa shape index (κ3) is 3.75. The smallest absolute Gasteiger partial charge is 0.377 e. The van der Waals surface area contributed by atoms with Crippen molar-refractivity contribution < 1.29 is 18.3 Å². The highest BCUT2D eigenvalue weighted by molar-refractivity contribution is 5.85. The first-order chi connectivity index (χ1) is 11.7. The van der Waals surface area contributed by atoms with Gasteiger partial charge in [0.15, 0.2) is 5.60 Å². The second-order valence-electron chi connectivity index (χ2n) is 7.08. The first-order valence-electron chi connectivity index (χ1n) is 8.46. The molecule has 0 bridgehead atoms. The van der Waals surface area contributed by atoms with Crippen LogP contribution in [-0.2, 0) is 6.42 Å². The molecule has 1 unspecified atom stereocenters. The van der Waals surface area contributed by atoms with Crippen LogP contribution in [0.4, 0.5) is 13.2 Å². The van der Waals surface area contributed by atoms with Crippen LogP contribution in [0.25, 0.3) is 17.0 Å². The molecule has 0 saturated carbocycles. The van der Waals surface area contributed by atoms with Crippen LogP contribution in [0, 0.1) is 0 Å². The van der Waals surface area contributed by atoms with Crippen LogP contribution in [0.15, 0.2) is 30.5 Å².